The number of anilines is 1. The molecular formula is C17H26N2OS. The highest BCUT2D eigenvalue weighted by atomic mass is 32.1. The molecule has 1 amide bonds. The molecule has 2 aliphatic carbocycles. The van der Waals surface area contributed by atoms with E-state index in [0.717, 1.165) is 30.7 Å². The number of amides is 1. The fourth-order valence-corrected chi connectivity index (χ4v) is 5.13. The molecule has 3 nitrogen and oxygen atoms in total. The summed E-state index contributed by atoms with van der Waals surface area (Å²) in [6, 6.07) is 0. The van der Waals surface area contributed by atoms with Gasteiger partial charge in [-0.2, -0.15) is 0 Å². The molecule has 1 saturated carbocycles. The maximum Gasteiger partial charge on any atom is 0.229 e. The average Bonchev–Trinajstić information content (AvgIpc) is 2.75. The maximum absolute atomic E-state index is 12.7. The second-order valence-electron chi connectivity index (χ2n) is 6.96. The zero-order valence-corrected chi connectivity index (χ0v) is 13.9. The molecule has 21 heavy (non-hydrogen) atoms. The molecule has 1 aromatic rings. The second-order valence-corrected chi connectivity index (χ2v) is 8.06. The monoisotopic (exact) mass is 306 g/mol. The van der Waals surface area contributed by atoms with Crippen molar-refractivity contribution in [1.82, 2.24) is 0 Å². The Hall–Kier alpha value is -0.870. The maximum atomic E-state index is 12.7. The summed E-state index contributed by atoms with van der Waals surface area (Å²) in [6.45, 7) is 4.18. The van der Waals surface area contributed by atoms with Crippen LogP contribution in [0.15, 0.2) is 0 Å². The third-order valence-corrected chi connectivity index (χ3v) is 6.55. The highest BCUT2D eigenvalue weighted by Gasteiger charge is 2.38. The van der Waals surface area contributed by atoms with Crippen LogP contribution in [0.4, 0.5) is 5.00 Å². The quantitative estimate of drug-likeness (QED) is 0.873. The predicted molar refractivity (Wildman–Crippen MR) is 88.9 cm³/mol. The zero-order valence-electron chi connectivity index (χ0n) is 13.1. The number of hydrogen-bond acceptors (Lipinski definition) is 3. The van der Waals surface area contributed by atoms with Gasteiger partial charge in [0.25, 0.3) is 0 Å². The number of fused-ring (bicyclic) bond motifs is 1. The number of hydrogen-bond donors (Lipinski definition) is 2. The van der Waals surface area contributed by atoms with Gasteiger partial charge < -0.3 is 11.1 Å². The third-order valence-electron chi connectivity index (χ3n) is 5.24. The lowest BCUT2D eigenvalue weighted by atomic mass is 9.74. The molecule has 0 spiro atoms. The summed E-state index contributed by atoms with van der Waals surface area (Å²) in [4.78, 5) is 14.1. The van der Waals surface area contributed by atoms with Crippen molar-refractivity contribution < 1.29 is 4.79 Å². The van der Waals surface area contributed by atoms with Gasteiger partial charge in [-0.3, -0.25) is 4.79 Å². The molecule has 0 aromatic carbocycles. The van der Waals surface area contributed by atoms with Crippen LogP contribution < -0.4 is 11.1 Å². The van der Waals surface area contributed by atoms with Crippen molar-refractivity contribution in [3.8, 4) is 0 Å². The topological polar surface area (TPSA) is 55.1 Å². The van der Waals surface area contributed by atoms with Gasteiger partial charge in [0, 0.05) is 10.4 Å². The van der Waals surface area contributed by atoms with E-state index >= 15 is 0 Å². The zero-order chi connectivity index (χ0) is 15.0. The van der Waals surface area contributed by atoms with Crippen LogP contribution in [0.2, 0.25) is 0 Å². The van der Waals surface area contributed by atoms with E-state index in [0.29, 0.717) is 0 Å². The molecule has 0 bridgehead atoms. The molecule has 2 aliphatic rings. The lowest BCUT2D eigenvalue weighted by Gasteiger charge is -2.37. The van der Waals surface area contributed by atoms with Gasteiger partial charge in [-0.05, 0) is 63.5 Å². The first-order valence-corrected chi connectivity index (χ1v) is 9.01. The van der Waals surface area contributed by atoms with Crippen molar-refractivity contribution in [2.24, 2.45) is 11.7 Å². The SMILES string of the molecule is Cc1c(NC(=O)C2CCCCC2(C)N)sc2c1CCCC2. The summed E-state index contributed by atoms with van der Waals surface area (Å²) in [5.74, 6) is 0.0752. The van der Waals surface area contributed by atoms with E-state index in [4.69, 9.17) is 5.73 Å². The minimum Gasteiger partial charge on any atom is -0.325 e. The average molecular weight is 306 g/mol. The highest BCUT2D eigenvalue weighted by molar-refractivity contribution is 7.16. The molecule has 1 aromatic heterocycles. The van der Waals surface area contributed by atoms with Gasteiger partial charge >= 0.3 is 0 Å². The Labute approximate surface area is 131 Å². The number of rotatable bonds is 2. The van der Waals surface area contributed by atoms with Gasteiger partial charge in [-0.1, -0.05) is 12.8 Å². The molecule has 116 valence electrons. The minimum absolute atomic E-state index is 0.0511. The Morgan fingerprint density at radius 1 is 1.29 bits per heavy atom. The second kappa shape index (κ2) is 5.73. The van der Waals surface area contributed by atoms with E-state index in [2.05, 4.69) is 12.2 Å². The Kier molecular flexibility index (Phi) is 4.10. The first-order chi connectivity index (χ1) is 9.99. The molecule has 2 atom stereocenters. The molecule has 3 N–H and O–H groups in total. The smallest absolute Gasteiger partial charge is 0.229 e. The van der Waals surface area contributed by atoms with E-state index in [-0.39, 0.29) is 17.4 Å². The Balaban J connectivity index is 1.77. The fourth-order valence-electron chi connectivity index (χ4n) is 3.83. The number of aryl methyl sites for hydroxylation is 1. The summed E-state index contributed by atoms with van der Waals surface area (Å²) in [6.07, 6.45) is 9.04. The number of thiophene rings is 1. The molecular weight excluding hydrogens is 280 g/mol. The van der Waals surface area contributed by atoms with E-state index in [1.54, 1.807) is 11.3 Å². The van der Waals surface area contributed by atoms with Crippen molar-refractivity contribution in [3.05, 3.63) is 16.0 Å². The van der Waals surface area contributed by atoms with Crippen LogP contribution in [0.1, 0.15) is 61.5 Å². The lowest BCUT2D eigenvalue weighted by Crippen LogP contribution is -2.51. The van der Waals surface area contributed by atoms with Crippen molar-refractivity contribution >= 4 is 22.2 Å². The Morgan fingerprint density at radius 2 is 2.05 bits per heavy atom. The van der Waals surface area contributed by atoms with Crippen LogP contribution in [0, 0.1) is 12.8 Å². The van der Waals surface area contributed by atoms with Crippen molar-refractivity contribution in [3.63, 3.8) is 0 Å². The molecule has 1 heterocycles. The van der Waals surface area contributed by atoms with Crippen LogP contribution in [0.3, 0.4) is 0 Å². The molecule has 2 unspecified atom stereocenters. The number of carbonyl (C=O) groups excluding carboxylic acids is 1. The van der Waals surface area contributed by atoms with Crippen LogP contribution in [0.5, 0.6) is 0 Å². The van der Waals surface area contributed by atoms with Gasteiger partial charge in [-0.25, -0.2) is 0 Å². The van der Waals surface area contributed by atoms with Crippen LogP contribution in [0.25, 0.3) is 0 Å². The summed E-state index contributed by atoms with van der Waals surface area (Å²) in [5, 5.41) is 4.26. The fraction of sp³-hybridized carbons (Fsp3) is 0.706. The van der Waals surface area contributed by atoms with Crippen molar-refractivity contribution in [1.29, 1.82) is 0 Å². The molecule has 4 heteroatoms. The summed E-state index contributed by atoms with van der Waals surface area (Å²) in [7, 11) is 0. The molecule has 0 radical (unpaired) electrons. The molecule has 0 aliphatic heterocycles. The Bertz CT molecular complexity index is 547. The van der Waals surface area contributed by atoms with Gasteiger partial charge in [0.15, 0.2) is 0 Å². The van der Waals surface area contributed by atoms with Crippen LogP contribution in [-0.4, -0.2) is 11.4 Å². The highest BCUT2D eigenvalue weighted by Crippen LogP contribution is 2.39. The van der Waals surface area contributed by atoms with Gasteiger partial charge in [0.2, 0.25) is 5.91 Å². The summed E-state index contributed by atoms with van der Waals surface area (Å²) >= 11 is 1.78. The molecule has 0 saturated heterocycles. The van der Waals surface area contributed by atoms with E-state index in [1.807, 2.05) is 6.92 Å². The number of carbonyl (C=O) groups is 1. The first kappa shape index (κ1) is 15.0. The standard InChI is InChI=1S/C17H26N2OS/c1-11-12-7-3-4-9-14(12)21-16(11)19-15(20)13-8-5-6-10-17(13,2)18/h13H,3-10,18H2,1-2H3,(H,19,20). The van der Waals surface area contributed by atoms with Crippen molar-refractivity contribution in [2.45, 2.75) is 70.8 Å². The first-order valence-electron chi connectivity index (χ1n) is 8.20. The normalized spacial score (nSPS) is 29.0. The lowest BCUT2D eigenvalue weighted by molar-refractivity contribution is -0.122. The van der Waals surface area contributed by atoms with Gasteiger partial charge in [-0.15, -0.1) is 11.3 Å². The van der Waals surface area contributed by atoms with E-state index in [9.17, 15) is 4.79 Å². The third kappa shape index (κ3) is 2.88. The van der Waals surface area contributed by atoms with Crippen LogP contribution >= 0.6 is 11.3 Å². The minimum atomic E-state index is -0.354. The van der Waals surface area contributed by atoms with Gasteiger partial charge in [0.1, 0.15) is 0 Å². The van der Waals surface area contributed by atoms with E-state index < -0.39 is 0 Å². The number of nitrogens with two attached hydrogens (primary N) is 1. The largest absolute Gasteiger partial charge is 0.325 e. The van der Waals surface area contributed by atoms with Crippen molar-refractivity contribution in [2.75, 3.05) is 5.32 Å². The molecule has 1 fully saturated rings. The Morgan fingerprint density at radius 3 is 2.76 bits per heavy atom. The number of nitrogens with one attached hydrogen (secondary N) is 1. The van der Waals surface area contributed by atoms with E-state index in [1.165, 1.54) is 41.7 Å². The van der Waals surface area contributed by atoms with Crippen LogP contribution in [-0.2, 0) is 17.6 Å². The molecule has 3 rings (SSSR count). The summed E-state index contributed by atoms with van der Waals surface area (Å²) in [5.41, 5.74) is 8.78. The predicted octanol–water partition coefficient (Wildman–Crippen LogP) is 3.78. The summed E-state index contributed by atoms with van der Waals surface area (Å²) < 4.78 is 0. The van der Waals surface area contributed by atoms with Gasteiger partial charge in [0.05, 0.1) is 10.9 Å².